The largest absolute Gasteiger partial charge is 0.368 e. The molecule has 7 nitrogen and oxygen atoms in total. The Bertz CT molecular complexity index is 831. The van der Waals surface area contributed by atoms with Crippen molar-refractivity contribution in [3.63, 3.8) is 0 Å². The summed E-state index contributed by atoms with van der Waals surface area (Å²) < 4.78 is 2.07. The molecule has 0 saturated heterocycles. The lowest BCUT2D eigenvalue weighted by Crippen LogP contribution is -2.07. The summed E-state index contributed by atoms with van der Waals surface area (Å²) in [7, 11) is 0. The third kappa shape index (κ3) is 3.83. The van der Waals surface area contributed by atoms with Crippen LogP contribution in [0.15, 0.2) is 41.8 Å². The van der Waals surface area contributed by atoms with Gasteiger partial charge in [0.25, 0.3) is 0 Å². The Morgan fingerprint density at radius 2 is 2.04 bits per heavy atom. The van der Waals surface area contributed by atoms with Crippen molar-refractivity contribution in [2.75, 3.05) is 11.1 Å². The Morgan fingerprint density at radius 1 is 1.21 bits per heavy atom. The molecular formula is C16H19N7S. The van der Waals surface area contributed by atoms with Crippen LogP contribution in [0.4, 0.5) is 17.6 Å². The third-order valence-corrected chi connectivity index (χ3v) is 4.44. The number of nitrogens with zero attached hydrogens (tertiary/aromatic N) is 5. The molecule has 0 unspecified atom stereocenters. The van der Waals surface area contributed by atoms with Crippen molar-refractivity contribution in [3.05, 3.63) is 48.0 Å². The zero-order valence-corrected chi connectivity index (χ0v) is 14.4. The molecule has 0 amide bonds. The molecule has 0 aliphatic heterocycles. The van der Waals surface area contributed by atoms with E-state index < -0.39 is 0 Å². The molecule has 3 aromatic rings. The summed E-state index contributed by atoms with van der Waals surface area (Å²) in [5.41, 5.74) is 7.88. The number of imidazole rings is 1. The van der Waals surface area contributed by atoms with Crippen molar-refractivity contribution in [1.29, 1.82) is 0 Å². The fraction of sp³-hybridized carbons (Fsp3) is 0.250. The van der Waals surface area contributed by atoms with Crippen LogP contribution < -0.4 is 11.1 Å². The van der Waals surface area contributed by atoms with E-state index in [2.05, 4.69) is 36.7 Å². The summed E-state index contributed by atoms with van der Waals surface area (Å²) in [4.78, 5) is 17.2. The summed E-state index contributed by atoms with van der Waals surface area (Å²) in [6.07, 6.45) is 3.74. The molecule has 0 aliphatic rings. The molecule has 0 radical (unpaired) electrons. The zero-order chi connectivity index (χ0) is 16.9. The van der Waals surface area contributed by atoms with Crippen molar-refractivity contribution in [3.8, 4) is 0 Å². The van der Waals surface area contributed by atoms with Gasteiger partial charge in [-0.2, -0.15) is 15.0 Å². The second-order valence-electron chi connectivity index (χ2n) is 5.16. The number of aryl methyl sites for hydroxylation is 2. The van der Waals surface area contributed by atoms with Crippen LogP contribution in [0.3, 0.4) is 0 Å². The Balaban J connectivity index is 1.75. The Kier molecular flexibility index (Phi) is 4.95. The Morgan fingerprint density at radius 3 is 2.83 bits per heavy atom. The van der Waals surface area contributed by atoms with E-state index in [1.165, 1.54) is 0 Å². The highest BCUT2D eigenvalue weighted by Gasteiger charge is 2.09. The lowest BCUT2D eigenvalue weighted by Gasteiger charge is -2.09. The number of hydrogen-bond acceptors (Lipinski definition) is 7. The van der Waals surface area contributed by atoms with E-state index >= 15 is 0 Å². The summed E-state index contributed by atoms with van der Waals surface area (Å²) in [5, 5.41) is 4.13. The number of hydrogen-bond donors (Lipinski definition) is 2. The van der Waals surface area contributed by atoms with E-state index in [-0.39, 0.29) is 5.95 Å². The maximum absolute atomic E-state index is 5.82. The number of thioether (sulfide) groups is 1. The van der Waals surface area contributed by atoms with Crippen LogP contribution in [0.2, 0.25) is 0 Å². The average molecular weight is 341 g/mol. The lowest BCUT2D eigenvalue weighted by atomic mass is 10.2. The van der Waals surface area contributed by atoms with E-state index in [0.29, 0.717) is 17.5 Å². The Hall–Kier alpha value is -2.61. The molecule has 1 aromatic carbocycles. The molecule has 0 atom stereocenters. The number of aromatic nitrogens is 5. The standard InChI is InChI=1S/C16H19N7S/c1-3-23-9-8-18-16(23)24-10-13-20-14(17)22-15(21-13)19-12-7-5-4-6-11(12)2/h4-9H,3,10H2,1-2H3,(H3,17,19,20,21,22). The molecule has 0 bridgehead atoms. The second kappa shape index (κ2) is 7.31. The van der Waals surface area contributed by atoms with Crippen LogP contribution in [0.1, 0.15) is 18.3 Å². The van der Waals surface area contributed by atoms with Gasteiger partial charge in [0, 0.05) is 24.6 Å². The van der Waals surface area contributed by atoms with Crippen LogP contribution in [0, 0.1) is 6.92 Å². The molecule has 2 heterocycles. The fourth-order valence-electron chi connectivity index (χ4n) is 2.20. The van der Waals surface area contributed by atoms with Gasteiger partial charge in [0.15, 0.2) is 5.16 Å². The summed E-state index contributed by atoms with van der Waals surface area (Å²) in [5.74, 6) is 1.85. The van der Waals surface area contributed by atoms with Crippen molar-refractivity contribution >= 4 is 29.3 Å². The highest BCUT2D eigenvalue weighted by molar-refractivity contribution is 7.98. The van der Waals surface area contributed by atoms with Gasteiger partial charge in [0.1, 0.15) is 5.82 Å². The molecule has 2 aromatic heterocycles. The topological polar surface area (TPSA) is 94.5 Å². The molecular weight excluding hydrogens is 322 g/mol. The van der Waals surface area contributed by atoms with Crippen LogP contribution in [0.5, 0.6) is 0 Å². The normalized spacial score (nSPS) is 10.8. The molecule has 3 rings (SSSR count). The van der Waals surface area contributed by atoms with Gasteiger partial charge >= 0.3 is 0 Å². The number of nitrogens with two attached hydrogens (primary N) is 1. The van der Waals surface area contributed by atoms with Gasteiger partial charge in [-0.3, -0.25) is 0 Å². The minimum Gasteiger partial charge on any atom is -0.368 e. The highest BCUT2D eigenvalue weighted by Crippen LogP contribution is 2.22. The number of anilines is 3. The molecule has 24 heavy (non-hydrogen) atoms. The first-order valence-corrected chi connectivity index (χ1v) is 8.61. The van der Waals surface area contributed by atoms with Gasteiger partial charge in [-0.25, -0.2) is 4.98 Å². The highest BCUT2D eigenvalue weighted by atomic mass is 32.2. The molecule has 0 fully saturated rings. The monoisotopic (exact) mass is 341 g/mol. The zero-order valence-electron chi connectivity index (χ0n) is 13.6. The lowest BCUT2D eigenvalue weighted by molar-refractivity contribution is 0.680. The fourth-order valence-corrected chi connectivity index (χ4v) is 3.08. The molecule has 124 valence electrons. The van der Waals surface area contributed by atoms with E-state index in [4.69, 9.17) is 5.73 Å². The van der Waals surface area contributed by atoms with Gasteiger partial charge < -0.3 is 15.6 Å². The second-order valence-corrected chi connectivity index (χ2v) is 6.10. The first-order valence-electron chi connectivity index (χ1n) is 7.62. The molecule has 0 spiro atoms. The smallest absolute Gasteiger partial charge is 0.232 e. The number of para-hydroxylation sites is 1. The number of nitrogens with one attached hydrogen (secondary N) is 1. The third-order valence-electron chi connectivity index (χ3n) is 3.44. The van der Waals surface area contributed by atoms with Crippen molar-refractivity contribution < 1.29 is 0 Å². The average Bonchev–Trinajstić information content (AvgIpc) is 3.02. The van der Waals surface area contributed by atoms with Crippen LogP contribution in [-0.4, -0.2) is 24.5 Å². The minimum absolute atomic E-state index is 0.204. The number of rotatable bonds is 6. The SMILES string of the molecule is CCn1ccnc1SCc1nc(N)nc(Nc2ccccc2C)n1. The van der Waals surface area contributed by atoms with Crippen LogP contribution in [-0.2, 0) is 12.3 Å². The van der Waals surface area contributed by atoms with Gasteiger partial charge in [-0.15, -0.1) is 0 Å². The quantitative estimate of drug-likeness (QED) is 0.665. The van der Waals surface area contributed by atoms with Gasteiger partial charge in [0.2, 0.25) is 11.9 Å². The predicted octanol–water partition coefficient (Wildman–Crippen LogP) is 3.01. The van der Waals surface area contributed by atoms with Gasteiger partial charge in [-0.05, 0) is 25.5 Å². The summed E-state index contributed by atoms with van der Waals surface area (Å²) in [6.45, 7) is 4.98. The molecule has 8 heteroatoms. The maximum atomic E-state index is 5.82. The van der Waals surface area contributed by atoms with E-state index in [9.17, 15) is 0 Å². The van der Waals surface area contributed by atoms with Gasteiger partial charge in [0.05, 0.1) is 5.75 Å². The number of nitrogen functional groups attached to an aromatic ring is 1. The maximum Gasteiger partial charge on any atom is 0.232 e. The van der Waals surface area contributed by atoms with E-state index in [0.717, 1.165) is 23.0 Å². The predicted molar refractivity (Wildman–Crippen MR) is 96.2 cm³/mol. The molecule has 0 aliphatic carbocycles. The van der Waals surface area contributed by atoms with Crippen LogP contribution >= 0.6 is 11.8 Å². The number of benzene rings is 1. The summed E-state index contributed by atoms with van der Waals surface area (Å²) >= 11 is 1.57. The summed E-state index contributed by atoms with van der Waals surface area (Å²) in [6, 6.07) is 7.94. The van der Waals surface area contributed by atoms with Crippen LogP contribution in [0.25, 0.3) is 0 Å². The van der Waals surface area contributed by atoms with E-state index in [1.807, 2.05) is 37.4 Å². The Labute approximate surface area is 144 Å². The first-order chi connectivity index (χ1) is 11.7. The molecule has 0 saturated carbocycles. The van der Waals surface area contributed by atoms with Crippen molar-refractivity contribution in [2.45, 2.75) is 31.3 Å². The van der Waals surface area contributed by atoms with E-state index in [1.54, 1.807) is 18.0 Å². The van der Waals surface area contributed by atoms with Gasteiger partial charge in [-0.1, -0.05) is 30.0 Å². The molecule has 3 N–H and O–H groups in total. The minimum atomic E-state index is 0.204. The first kappa shape index (κ1) is 16.3. The van der Waals surface area contributed by atoms with Crippen molar-refractivity contribution in [1.82, 2.24) is 24.5 Å². The van der Waals surface area contributed by atoms with Crippen molar-refractivity contribution in [2.24, 2.45) is 0 Å².